The van der Waals surface area contributed by atoms with E-state index < -0.39 is 0 Å². The maximum absolute atomic E-state index is 3.84. The number of hydrogen-bond donors (Lipinski definition) is 1. The molecule has 0 saturated carbocycles. The minimum atomic E-state index is 0.303. The molecule has 0 aromatic heterocycles. The zero-order chi connectivity index (χ0) is 11.6. The molecule has 16 heavy (non-hydrogen) atoms. The molecule has 0 amide bonds. The predicted octanol–water partition coefficient (Wildman–Crippen LogP) is 4.05. The Bertz CT molecular complexity index is 264. The van der Waals surface area contributed by atoms with Crippen molar-refractivity contribution in [1.29, 1.82) is 0 Å². The van der Waals surface area contributed by atoms with Gasteiger partial charge in [-0.2, -0.15) is 0 Å². The Kier molecular flexibility index (Phi) is 3.44. The van der Waals surface area contributed by atoms with Gasteiger partial charge in [0.2, 0.25) is 0 Å². The predicted molar refractivity (Wildman–Crippen MR) is 70.6 cm³/mol. The maximum atomic E-state index is 3.84. The van der Waals surface area contributed by atoms with Crippen LogP contribution in [0.5, 0.6) is 0 Å². The summed E-state index contributed by atoms with van der Waals surface area (Å²) in [6, 6.07) is 0. The zero-order valence-electron chi connectivity index (χ0n) is 11.2. The highest BCUT2D eigenvalue weighted by atomic mass is 15.0. The molecule has 0 aromatic carbocycles. The highest BCUT2D eigenvalue weighted by molar-refractivity contribution is 5.27. The van der Waals surface area contributed by atoms with E-state index in [1.54, 1.807) is 5.57 Å². The van der Waals surface area contributed by atoms with Crippen molar-refractivity contribution in [2.75, 3.05) is 6.54 Å². The lowest BCUT2D eigenvalue weighted by atomic mass is 9.67. The van der Waals surface area contributed by atoms with E-state index in [0.29, 0.717) is 11.0 Å². The molecule has 1 N–H and O–H groups in total. The number of hydrogen-bond acceptors (Lipinski definition) is 1. The Morgan fingerprint density at radius 3 is 2.56 bits per heavy atom. The monoisotopic (exact) mass is 221 g/mol. The summed E-state index contributed by atoms with van der Waals surface area (Å²) in [4.78, 5) is 0. The van der Waals surface area contributed by atoms with Crippen LogP contribution in [-0.4, -0.2) is 12.1 Å². The number of rotatable bonds is 1. The van der Waals surface area contributed by atoms with Crippen molar-refractivity contribution in [3.8, 4) is 0 Å². The molecule has 0 spiro atoms. The molecule has 1 unspecified atom stereocenters. The third-order valence-electron chi connectivity index (χ3n) is 4.52. The van der Waals surface area contributed by atoms with Crippen molar-refractivity contribution in [2.45, 2.75) is 71.3 Å². The average molecular weight is 221 g/mol. The van der Waals surface area contributed by atoms with Crippen LogP contribution in [0.15, 0.2) is 11.6 Å². The Hall–Kier alpha value is -0.300. The van der Waals surface area contributed by atoms with Crippen molar-refractivity contribution in [3.63, 3.8) is 0 Å². The van der Waals surface area contributed by atoms with Gasteiger partial charge in [-0.1, -0.05) is 38.8 Å². The van der Waals surface area contributed by atoms with Gasteiger partial charge in [0.1, 0.15) is 0 Å². The van der Waals surface area contributed by atoms with Gasteiger partial charge in [0, 0.05) is 5.54 Å². The molecule has 0 aromatic rings. The molecule has 1 aliphatic heterocycles. The van der Waals surface area contributed by atoms with E-state index in [0.717, 1.165) is 0 Å². The summed E-state index contributed by atoms with van der Waals surface area (Å²) in [6.45, 7) is 8.40. The molecule has 2 aliphatic rings. The van der Waals surface area contributed by atoms with E-state index in [9.17, 15) is 0 Å². The Morgan fingerprint density at radius 1 is 1.12 bits per heavy atom. The topological polar surface area (TPSA) is 12.0 Å². The first kappa shape index (κ1) is 12.2. The molecule has 1 heterocycles. The average Bonchev–Trinajstić information content (AvgIpc) is 2.56. The van der Waals surface area contributed by atoms with Crippen LogP contribution >= 0.6 is 0 Å². The molecular formula is C15H27N. The number of allylic oxidation sites excluding steroid dienone is 1. The van der Waals surface area contributed by atoms with Crippen LogP contribution in [0.4, 0.5) is 0 Å². The van der Waals surface area contributed by atoms with Crippen LogP contribution in [0.3, 0.4) is 0 Å². The summed E-state index contributed by atoms with van der Waals surface area (Å²) >= 11 is 0. The second kappa shape index (κ2) is 4.52. The molecule has 2 rings (SSSR count). The molecule has 92 valence electrons. The van der Waals surface area contributed by atoms with Crippen LogP contribution < -0.4 is 5.32 Å². The van der Waals surface area contributed by atoms with E-state index >= 15 is 0 Å². The van der Waals surface area contributed by atoms with Gasteiger partial charge in [-0.3, -0.25) is 0 Å². The standard InChI is InChI=1S/C15H27N/c1-14(2,3)15(11-8-12-16-15)13-9-6-4-5-7-10-13/h9,16H,4-8,10-12H2,1-3H3. The molecular weight excluding hydrogens is 194 g/mol. The van der Waals surface area contributed by atoms with Gasteiger partial charge < -0.3 is 5.32 Å². The lowest BCUT2D eigenvalue weighted by Gasteiger charge is -2.44. The van der Waals surface area contributed by atoms with Crippen LogP contribution in [0.25, 0.3) is 0 Å². The summed E-state index contributed by atoms with van der Waals surface area (Å²) in [5, 5.41) is 3.84. The van der Waals surface area contributed by atoms with Gasteiger partial charge >= 0.3 is 0 Å². The quantitative estimate of drug-likeness (QED) is 0.659. The van der Waals surface area contributed by atoms with E-state index in [1.165, 1.54) is 51.5 Å². The minimum Gasteiger partial charge on any atom is -0.307 e. The Morgan fingerprint density at radius 2 is 1.94 bits per heavy atom. The first-order valence-corrected chi connectivity index (χ1v) is 7.01. The summed E-state index contributed by atoms with van der Waals surface area (Å²) in [7, 11) is 0. The highest BCUT2D eigenvalue weighted by Gasteiger charge is 2.46. The summed E-state index contributed by atoms with van der Waals surface area (Å²) in [5.41, 5.74) is 2.37. The maximum Gasteiger partial charge on any atom is 0.0443 e. The second-order valence-corrected chi connectivity index (χ2v) is 6.51. The first-order valence-electron chi connectivity index (χ1n) is 7.01. The third kappa shape index (κ3) is 2.07. The van der Waals surface area contributed by atoms with Crippen molar-refractivity contribution in [3.05, 3.63) is 11.6 Å². The van der Waals surface area contributed by atoms with E-state index in [2.05, 4.69) is 32.2 Å². The van der Waals surface area contributed by atoms with Crippen LogP contribution in [0.2, 0.25) is 0 Å². The summed E-state index contributed by atoms with van der Waals surface area (Å²) in [5.74, 6) is 0. The molecule has 1 fully saturated rings. The lowest BCUT2D eigenvalue weighted by molar-refractivity contribution is 0.195. The Balaban J connectivity index is 2.28. The molecule has 1 heteroatoms. The van der Waals surface area contributed by atoms with Gasteiger partial charge in [-0.15, -0.1) is 0 Å². The van der Waals surface area contributed by atoms with Crippen molar-refractivity contribution < 1.29 is 0 Å². The fraction of sp³-hybridized carbons (Fsp3) is 0.867. The molecule has 1 saturated heterocycles. The van der Waals surface area contributed by atoms with Crippen LogP contribution in [0.1, 0.15) is 65.7 Å². The smallest absolute Gasteiger partial charge is 0.0443 e. The SMILES string of the molecule is CC(C)(C)C1(C2=CCCCCC2)CCCN1. The normalized spacial score (nSPS) is 32.3. The molecule has 1 aliphatic carbocycles. The third-order valence-corrected chi connectivity index (χ3v) is 4.52. The number of nitrogens with one attached hydrogen (secondary N) is 1. The van der Waals surface area contributed by atoms with Gasteiger partial charge in [-0.05, 0) is 50.5 Å². The lowest BCUT2D eigenvalue weighted by Crippen LogP contribution is -2.52. The van der Waals surface area contributed by atoms with Crippen LogP contribution in [-0.2, 0) is 0 Å². The molecule has 0 radical (unpaired) electrons. The highest BCUT2D eigenvalue weighted by Crippen LogP contribution is 2.45. The van der Waals surface area contributed by atoms with Crippen molar-refractivity contribution in [1.82, 2.24) is 5.32 Å². The summed E-state index contributed by atoms with van der Waals surface area (Å²) < 4.78 is 0. The molecule has 1 nitrogen and oxygen atoms in total. The van der Waals surface area contributed by atoms with E-state index in [-0.39, 0.29) is 0 Å². The van der Waals surface area contributed by atoms with Gasteiger partial charge in [0.15, 0.2) is 0 Å². The van der Waals surface area contributed by atoms with E-state index in [4.69, 9.17) is 0 Å². The first-order chi connectivity index (χ1) is 7.56. The zero-order valence-corrected chi connectivity index (χ0v) is 11.2. The van der Waals surface area contributed by atoms with Gasteiger partial charge in [0.25, 0.3) is 0 Å². The molecule has 1 atom stereocenters. The van der Waals surface area contributed by atoms with Crippen molar-refractivity contribution >= 4 is 0 Å². The Labute approximate surface area is 101 Å². The van der Waals surface area contributed by atoms with Gasteiger partial charge in [-0.25, -0.2) is 0 Å². The van der Waals surface area contributed by atoms with Crippen LogP contribution in [0, 0.1) is 5.41 Å². The largest absolute Gasteiger partial charge is 0.307 e. The van der Waals surface area contributed by atoms with Gasteiger partial charge in [0.05, 0.1) is 0 Å². The minimum absolute atomic E-state index is 0.303. The summed E-state index contributed by atoms with van der Waals surface area (Å²) in [6.07, 6.45) is 12.1. The van der Waals surface area contributed by atoms with E-state index in [1.807, 2.05) is 0 Å². The van der Waals surface area contributed by atoms with Crippen molar-refractivity contribution in [2.24, 2.45) is 5.41 Å². The second-order valence-electron chi connectivity index (χ2n) is 6.51. The fourth-order valence-corrected chi connectivity index (χ4v) is 3.54. The fourth-order valence-electron chi connectivity index (χ4n) is 3.54. The molecule has 0 bridgehead atoms.